The number of hydrogen-bond donors (Lipinski definition) is 2. The molecule has 1 aromatic carbocycles. The maximum absolute atomic E-state index is 11.8. The van der Waals surface area contributed by atoms with E-state index < -0.39 is 0 Å². The summed E-state index contributed by atoms with van der Waals surface area (Å²) in [6, 6.07) is 10.5. The summed E-state index contributed by atoms with van der Waals surface area (Å²) in [5.41, 5.74) is 7.81. The molecule has 0 saturated carbocycles. The second-order valence-corrected chi connectivity index (χ2v) is 4.18. The topological polar surface area (TPSA) is 68.0 Å². The predicted octanol–water partition coefficient (Wildman–Crippen LogP) is 2.50. The van der Waals surface area contributed by atoms with E-state index in [1.165, 1.54) is 6.20 Å². The minimum absolute atomic E-state index is 0.143. The lowest BCUT2D eigenvalue weighted by atomic mass is 10.1. The maximum atomic E-state index is 11.8. The van der Waals surface area contributed by atoms with Crippen LogP contribution >= 0.6 is 11.6 Å². The van der Waals surface area contributed by atoms with Crippen molar-refractivity contribution in [1.29, 1.82) is 0 Å². The second-order valence-electron chi connectivity index (χ2n) is 3.79. The number of hydrogen-bond acceptors (Lipinski definition) is 3. The fourth-order valence-corrected chi connectivity index (χ4v) is 1.73. The first-order valence-corrected chi connectivity index (χ1v) is 5.78. The Morgan fingerprint density at radius 2 is 2.11 bits per heavy atom. The van der Waals surface area contributed by atoms with Gasteiger partial charge in [0.05, 0.1) is 6.42 Å². The Bertz CT molecular complexity index is 572. The molecule has 2 rings (SSSR count). The van der Waals surface area contributed by atoms with Crippen LogP contribution in [-0.2, 0) is 11.2 Å². The van der Waals surface area contributed by atoms with Gasteiger partial charge in [-0.1, -0.05) is 29.8 Å². The summed E-state index contributed by atoms with van der Waals surface area (Å²) in [6.07, 6.45) is 1.77. The highest BCUT2D eigenvalue weighted by atomic mass is 35.5. The Morgan fingerprint density at radius 3 is 2.83 bits per heavy atom. The number of carbonyl (C=O) groups is 1. The molecule has 5 heteroatoms. The number of nitrogen functional groups attached to an aromatic ring is 1. The molecule has 0 fully saturated rings. The van der Waals surface area contributed by atoms with Crippen molar-refractivity contribution >= 4 is 28.9 Å². The molecule has 0 atom stereocenters. The summed E-state index contributed by atoms with van der Waals surface area (Å²) in [7, 11) is 0. The molecule has 4 nitrogen and oxygen atoms in total. The van der Waals surface area contributed by atoms with Crippen molar-refractivity contribution < 1.29 is 4.79 Å². The van der Waals surface area contributed by atoms with Crippen LogP contribution in [0.15, 0.2) is 42.6 Å². The number of benzene rings is 1. The number of amides is 1. The number of nitrogens with one attached hydrogen (secondary N) is 1. The SMILES string of the molecule is Nc1ccccc1CC(=O)Nc1ccnc(Cl)c1. The number of anilines is 2. The van der Waals surface area contributed by atoms with Gasteiger partial charge in [-0.15, -0.1) is 0 Å². The smallest absolute Gasteiger partial charge is 0.228 e. The van der Waals surface area contributed by atoms with Gasteiger partial charge in [-0.3, -0.25) is 4.79 Å². The number of aromatic nitrogens is 1. The molecule has 0 spiro atoms. The monoisotopic (exact) mass is 261 g/mol. The lowest BCUT2D eigenvalue weighted by Crippen LogP contribution is -2.15. The van der Waals surface area contributed by atoms with Crippen LogP contribution in [0.25, 0.3) is 0 Å². The Morgan fingerprint density at radius 1 is 1.33 bits per heavy atom. The normalized spacial score (nSPS) is 10.1. The summed E-state index contributed by atoms with van der Waals surface area (Å²) < 4.78 is 0. The first-order valence-electron chi connectivity index (χ1n) is 5.40. The van der Waals surface area contributed by atoms with Gasteiger partial charge in [-0.25, -0.2) is 4.98 Å². The van der Waals surface area contributed by atoms with Crippen LogP contribution < -0.4 is 11.1 Å². The molecule has 0 aliphatic rings. The van der Waals surface area contributed by atoms with Gasteiger partial charge in [0.1, 0.15) is 5.15 Å². The number of carbonyl (C=O) groups excluding carboxylic acids is 1. The first-order chi connectivity index (χ1) is 8.65. The lowest BCUT2D eigenvalue weighted by Gasteiger charge is -2.07. The summed E-state index contributed by atoms with van der Waals surface area (Å²) in [4.78, 5) is 15.7. The van der Waals surface area contributed by atoms with Crippen LogP contribution in [-0.4, -0.2) is 10.9 Å². The van der Waals surface area contributed by atoms with E-state index in [-0.39, 0.29) is 12.3 Å². The predicted molar refractivity (Wildman–Crippen MR) is 72.4 cm³/mol. The number of para-hydroxylation sites is 1. The van der Waals surface area contributed by atoms with E-state index >= 15 is 0 Å². The molecule has 92 valence electrons. The lowest BCUT2D eigenvalue weighted by molar-refractivity contribution is -0.115. The minimum atomic E-state index is -0.143. The molecule has 0 bridgehead atoms. The van der Waals surface area contributed by atoms with Gasteiger partial charge in [-0.2, -0.15) is 0 Å². The van der Waals surface area contributed by atoms with Crippen molar-refractivity contribution in [2.75, 3.05) is 11.1 Å². The van der Waals surface area contributed by atoms with Gasteiger partial charge in [-0.05, 0) is 23.8 Å². The summed E-state index contributed by atoms with van der Waals surface area (Å²) in [5, 5.41) is 3.08. The van der Waals surface area contributed by atoms with Crippen LogP contribution in [0.2, 0.25) is 5.15 Å². The molecule has 1 amide bonds. The van der Waals surface area contributed by atoms with Gasteiger partial charge < -0.3 is 11.1 Å². The molecule has 2 aromatic rings. The second kappa shape index (κ2) is 5.51. The van der Waals surface area contributed by atoms with E-state index in [1.54, 1.807) is 18.2 Å². The van der Waals surface area contributed by atoms with Crippen molar-refractivity contribution in [3.05, 3.63) is 53.3 Å². The van der Waals surface area contributed by atoms with Crippen LogP contribution in [0, 0.1) is 0 Å². The van der Waals surface area contributed by atoms with Gasteiger partial charge in [0.15, 0.2) is 0 Å². The van der Waals surface area contributed by atoms with Crippen LogP contribution in [0.4, 0.5) is 11.4 Å². The standard InChI is InChI=1S/C13H12ClN3O/c14-12-8-10(5-6-16-12)17-13(18)7-9-3-1-2-4-11(9)15/h1-6,8H,7,15H2,(H,16,17,18). The highest BCUT2D eigenvalue weighted by Gasteiger charge is 2.06. The maximum Gasteiger partial charge on any atom is 0.228 e. The number of nitrogens with two attached hydrogens (primary N) is 1. The molecule has 0 saturated heterocycles. The Hall–Kier alpha value is -2.07. The number of rotatable bonds is 3. The molecule has 0 unspecified atom stereocenters. The van der Waals surface area contributed by atoms with Crippen molar-refractivity contribution in [3.8, 4) is 0 Å². The van der Waals surface area contributed by atoms with E-state index in [4.69, 9.17) is 17.3 Å². The molecule has 0 radical (unpaired) electrons. The van der Waals surface area contributed by atoms with E-state index in [0.29, 0.717) is 16.5 Å². The molecule has 3 N–H and O–H groups in total. The molecular formula is C13H12ClN3O. The first kappa shape index (κ1) is 12.4. The highest BCUT2D eigenvalue weighted by Crippen LogP contribution is 2.14. The Kier molecular flexibility index (Phi) is 3.79. The van der Waals surface area contributed by atoms with Crippen molar-refractivity contribution in [1.82, 2.24) is 4.98 Å². The summed E-state index contributed by atoms with van der Waals surface area (Å²) in [5.74, 6) is -0.143. The van der Waals surface area contributed by atoms with Gasteiger partial charge in [0, 0.05) is 17.6 Å². The average Bonchev–Trinajstić information content (AvgIpc) is 2.32. The number of pyridine rings is 1. The summed E-state index contributed by atoms with van der Waals surface area (Å²) in [6.45, 7) is 0. The third kappa shape index (κ3) is 3.21. The average molecular weight is 262 g/mol. The van der Waals surface area contributed by atoms with Crippen LogP contribution in [0.5, 0.6) is 0 Å². The molecule has 0 aliphatic heterocycles. The molecule has 0 aliphatic carbocycles. The van der Waals surface area contributed by atoms with E-state index in [1.807, 2.05) is 18.2 Å². The molecule has 1 heterocycles. The van der Waals surface area contributed by atoms with Crippen LogP contribution in [0.1, 0.15) is 5.56 Å². The van der Waals surface area contributed by atoms with E-state index in [9.17, 15) is 4.79 Å². The van der Waals surface area contributed by atoms with Crippen molar-refractivity contribution in [2.45, 2.75) is 6.42 Å². The minimum Gasteiger partial charge on any atom is -0.398 e. The van der Waals surface area contributed by atoms with Gasteiger partial charge >= 0.3 is 0 Å². The third-order valence-electron chi connectivity index (χ3n) is 2.42. The molecule has 1 aromatic heterocycles. The fourth-order valence-electron chi connectivity index (χ4n) is 1.55. The van der Waals surface area contributed by atoms with Gasteiger partial charge in [0.25, 0.3) is 0 Å². The van der Waals surface area contributed by atoms with Crippen molar-refractivity contribution in [2.24, 2.45) is 0 Å². The van der Waals surface area contributed by atoms with Crippen LogP contribution in [0.3, 0.4) is 0 Å². The number of nitrogens with zero attached hydrogens (tertiary/aromatic N) is 1. The summed E-state index contributed by atoms with van der Waals surface area (Å²) >= 11 is 5.73. The Balaban J connectivity index is 2.03. The fraction of sp³-hybridized carbons (Fsp3) is 0.0769. The zero-order chi connectivity index (χ0) is 13.0. The number of halogens is 1. The highest BCUT2D eigenvalue weighted by molar-refractivity contribution is 6.29. The quantitative estimate of drug-likeness (QED) is 0.659. The van der Waals surface area contributed by atoms with Gasteiger partial charge in [0.2, 0.25) is 5.91 Å². The van der Waals surface area contributed by atoms with E-state index in [0.717, 1.165) is 5.56 Å². The molecular weight excluding hydrogens is 250 g/mol. The van der Waals surface area contributed by atoms with E-state index in [2.05, 4.69) is 10.3 Å². The zero-order valence-electron chi connectivity index (χ0n) is 9.56. The third-order valence-corrected chi connectivity index (χ3v) is 2.62. The molecule has 18 heavy (non-hydrogen) atoms. The zero-order valence-corrected chi connectivity index (χ0v) is 10.3. The Labute approximate surface area is 110 Å². The van der Waals surface area contributed by atoms with Crippen molar-refractivity contribution in [3.63, 3.8) is 0 Å². The largest absolute Gasteiger partial charge is 0.398 e.